The predicted molar refractivity (Wildman–Crippen MR) is 34.7 cm³/mol. The van der Waals surface area contributed by atoms with Crippen LogP contribution in [0.15, 0.2) is 16.8 Å². The van der Waals surface area contributed by atoms with E-state index in [-0.39, 0.29) is 5.78 Å². The lowest BCUT2D eigenvalue weighted by atomic mass is 10.3. The first-order valence-corrected chi connectivity index (χ1v) is 2.53. The van der Waals surface area contributed by atoms with Gasteiger partial charge in [0.15, 0.2) is 5.78 Å². The van der Waals surface area contributed by atoms with Gasteiger partial charge in [-0.05, 0) is 19.9 Å². The summed E-state index contributed by atoms with van der Waals surface area (Å²) in [6.45, 7) is 3.59. The molecule has 0 aromatic heterocycles. The van der Waals surface area contributed by atoms with Crippen LogP contribution in [0.1, 0.15) is 13.8 Å². The molecule has 9 heavy (non-hydrogen) atoms. The van der Waals surface area contributed by atoms with Crippen LogP contribution in [0.5, 0.6) is 0 Å². The second kappa shape index (κ2) is 3.83. The fourth-order valence-electron chi connectivity index (χ4n) is 0.379. The van der Waals surface area contributed by atoms with Gasteiger partial charge in [0, 0.05) is 0 Å². The first kappa shape index (κ1) is 7.88. The number of ketones is 1. The van der Waals surface area contributed by atoms with Crippen LogP contribution in [0.2, 0.25) is 0 Å². The summed E-state index contributed by atoms with van der Waals surface area (Å²) in [6, 6.07) is 0. The van der Waals surface area contributed by atoms with Crippen molar-refractivity contribution in [1.29, 1.82) is 0 Å². The van der Waals surface area contributed by atoms with Gasteiger partial charge in [0.25, 0.3) is 0 Å². The highest BCUT2D eigenvalue weighted by atomic mass is 16.4. The molecule has 50 valence electrons. The van der Waals surface area contributed by atoms with Crippen molar-refractivity contribution in [2.24, 2.45) is 5.16 Å². The van der Waals surface area contributed by atoms with Crippen molar-refractivity contribution in [2.45, 2.75) is 13.8 Å². The molecule has 0 unspecified atom stereocenters. The molecule has 0 atom stereocenters. The van der Waals surface area contributed by atoms with Gasteiger partial charge in [0.1, 0.15) is 6.21 Å². The number of allylic oxidation sites excluding steroid dienone is 2. The van der Waals surface area contributed by atoms with Crippen molar-refractivity contribution in [2.75, 3.05) is 0 Å². The maximum atomic E-state index is 10.5. The Morgan fingerprint density at radius 1 is 1.56 bits per heavy atom. The molecule has 0 bridgehead atoms. The van der Waals surface area contributed by atoms with Gasteiger partial charge in [-0.3, -0.25) is 4.79 Å². The maximum absolute atomic E-state index is 10.5. The van der Waals surface area contributed by atoms with Crippen molar-refractivity contribution >= 4 is 12.0 Å². The second-order valence-electron chi connectivity index (χ2n) is 1.87. The number of carbonyl (C=O) groups excluding carboxylic acids is 1. The zero-order valence-electron chi connectivity index (χ0n) is 5.46. The molecule has 0 spiro atoms. The highest BCUT2D eigenvalue weighted by Crippen LogP contribution is 1.86. The summed E-state index contributed by atoms with van der Waals surface area (Å²) in [5.74, 6) is -0.294. The lowest BCUT2D eigenvalue weighted by molar-refractivity contribution is -0.108. The van der Waals surface area contributed by atoms with Crippen LogP contribution >= 0.6 is 0 Å². The second-order valence-corrected chi connectivity index (χ2v) is 1.87. The molecule has 3 heteroatoms. The highest BCUT2D eigenvalue weighted by Gasteiger charge is 1.88. The van der Waals surface area contributed by atoms with E-state index < -0.39 is 0 Å². The molecule has 0 fully saturated rings. The van der Waals surface area contributed by atoms with Crippen LogP contribution in [0.3, 0.4) is 0 Å². The molecule has 0 radical (unpaired) electrons. The summed E-state index contributed by atoms with van der Waals surface area (Å²) in [7, 11) is 0. The molecular formula is C6H9NO2. The van der Waals surface area contributed by atoms with Gasteiger partial charge in [0.2, 0.25) is 0 Å². The van der Waals surface area contributed by atoms with Crippen LogP contribution < -0.4 is 0 Å². The minimum absolute atomic E-state index is 0.294. The monoisotopic (exact) mass is 127 g/mol. The number of hydrogen-bond donors (Lipinski definition) is 1. The highest BCUT2D eigenvalue weighted by molar-refractivity contribution is 6.32. The summed E-state index contributed by atoms with van der Waals surface area (Å²) in [6.07, 6.45) is 2.24. The third-order valence-electron chi connectivity index (χ3n) is 0.616. The number of carbonyl (C=O) groups is 1. The van der Waals surface area contributed by atoms with Crippen LogP contribution in [-0.2, 0) is 4.79 Å². The molecule has 0 aliphatic heterocycles. The molecule has 3 nitrogen and oxygen atoms in total. The maximum Gasteiger partial charge on any atom is 0.200 e. The number of nitrogens with zero attached hydrogens (tertiary/aromatic N) is 1. The molecule has 1 N–H and O–H groups in total. The molecule has 0 aromatic rings. The van der Waals surface area contributed by atoms with Crippen LogP contribution in [-0.4, -0.2) is 17.2 Å². The molecular weight excluding hydrogens is 118 g/mol. The van der Waals surface area contributed by atoms with E-state index in [9.17, 15) is 4.79 Å². The summed E-state index contributed by atoms with van der Waals surface area (Å²) in [4.78, 5) is 10.5. The summed E-state index contributed by atoms with van der Waals surface area (Å²) in [5, 5.41) is 10.4. The number of hydrogen-bond acceptors (Lipinski definition) is 3. The first-order valence-electron chi connectivity index (χ1n) is 2.53. The molecule has 0 heterocycles. The van der Waals surface area contributed by atoms with Crippen molar-refractivity contribution < 1.29 is 10.0 Å². The van der Waals surface area contributed by atoms with Gasteiger partial charge in [-0.25, -0.2) is 0 Å². The van der Waals surface area contributed by atoms with Gasteiger partial charge in [-0.2, -0.15) is 0 Å². The van der Waals surface area contributed by atoms with E-state index in [0.29, 0.717) is 0 Å². The van der Waals surface area contributed by atoms with Crippen LogP contribution in [0, 0.1) is 0 Å². The zero-order valence-corrected chi connectivity index (χ0v) is 5.46. The topological polar surface area (TPSA) is 49.7 Å². The Morgan fingerprint density at radius 3 is 2.44 bits per heavy atom. The third kappa shape index (κ3) is 4.74. The Bertz CT molecular complexity index is 154. The van der Waals surface area contributed by atoms with E-state index in [1.165, 1.54) is 6.08 Å². The Hall–Kier alpha value is -1.12. The van der Waals surface area contributed by atoms with E-state index in [1.807, 2.05) is 0 Å². The third-order valence-corrected chi connectivity index (χ3v) is 0.616. The smallest absolute Gasteiger partial charge is 0.200 e. The average molecular weight is 127 g/mol. The summed E-state index contributed by atoms with van der Waals surface area (Å²) >= 11 is 0. The summed E-state index contributed by atoms with van der Waals surface area (Å²) in [5.41, 5.74) is 0.889. The Balaban J connectivity index is 3.93. The predicted octanol–water partition coefficient (Wildman–Crippen LogP) is 0.982. The molecule has 0 aliphatic rings. The Morgan fingerprint density at radius 2 is 2.11 bits per heavy atom. The lowest BCUT2D eigenvalue weighted by Gasteiger charge is -1.82. The quantitative estimate of drug-likeness (QED) is 0.260. The largest absolute Gasteiger partial charge is 0.411 e. The van der Waals surface area contributed by atoms with E-state index in [0.717, 1.165) is 11.8 Å². The number of oxime groups is 1. The average Bonchev–Trinajstić information content (AvgIpc) is 1.63. The van der Waals surface area contributed by atoms with Crippen molar-refractivity contribution in [3.8, 4) is 0 Å². The molecule has 0 aromatic carbocycles. The van der Waals surface area contributed by atoms with Crippen LogP contribution in [0.25, 0.3) is 0 Å². The Kier molecular flexibility index (Phi) is 3.35. The normalized spacial score (nSPS) is 9.56. The van der Waals surface area contributed by atoms with Gasteiger partial charge < -0.3 is 5.21 Å². The van der Waals surface area contributed by atoms with E-state index in [4.69, 9.17) is 5.21 Å². The van der Waals surface area contributed by atoms with E-state index in [2.05, 4.69) is 5.16 Å². The van der Waals surface area contributed by atoms with Gasteiger partial charge in [-0.1, -0.05) is 10.7 Å². The van der Waals surface area contributed by atoms with E-state index >= 15 is 0 Å². The minimum Gasteiger partial charge on any atom is -0.411 e. The van der Waals surface area contributed by atoms with E-state index in [1.54, 1.807) is 13.8 Å². The molecule has 0 aliphatic carbocycles. The minimum atomic E-state index is -0.294. The van der Waals surface area contributed by atoms with Crippen molar-refractivity contribution in [3.05, 3.63) is 11.6 Å². The molecule has 0 saturated carbocycles. The molecule has 0 rings (SSSR count). The summed E-state index contributed by atoms with van der Waals surface area (Å²) < 4.78 is 0. The van der Waals surface area contributed by atoms with Gasteiger partial charge >= 0.3 is 0 Å². The lowest BCUT2D eigenvalue weighted by Crippen LogP contribution is -1.93. The standard InChI is InChI=1S/C6H9NO2/c1-5(2)3-6(8)4-7-9/h3-4,9H,1-2H3/b7-4+. The first-order chi connectivity index (χ1) is 4.16. The zero-order chi connectivity index (χ0) is 7.28. The fraction of sp³-hybridized carbons (Fsp3) is 0.333. The Labute approximate surface area is 53.7 Å². The molecule has 0 amide bonds. The van der Waals surface area contributed by atoms with Crippen molar-refractivity contribution in [1.82, 2.24) is 0 Å². The SMILES string of the molecule is CC(C)=CC(=O)/C=N/O. The fourth-order valence-corrected chi connectivity index (χ4v) is 0.379. The van der Waals surface area contributed by atoms with Gasteiger partial charge in [0.05, 0.1) is 0 Å². The van der Waals surface area contributed by atoms with Crippen LogP contribution in [0.4, 0.5) is 0 Å². The number of rotatable bonds is 2. The van der Waals surface area contributed by atoms with Crippen molar-refractivity contribution in [3.63, 3.8) is 0 Å². The molecule has 0 saturated heterocycles. The van der Waals surface area contributed by atoms with Gasteiger partial charge in [-0.15, -0.1) is 0 Å².